The van der Waals surface area contributed by atoms with Gasteiger partial charge in [-0.3, -0.25) is 4.79 Å². The lowest BCUT2D eigenvalue weighted by Gasteiger charge is -2.40. The molecule has 1 rings (SSSR count). The number of carbonyl (C=O) groups excluding carboxylic acids is 1. The molecule has 10 nitrogen and oxygen atoms in total. The zero-order valence-electron chi connectivity index (χ0n) is 15.9. The average molecular weight is 395 g/mol. The third kappa shape index (κ3) is 6.91. The van der Waals surface area contributed by atoms with Crippen molar-refractivity contribution in [3.63, 3.8) is 0 Å². The van der Waals surface area contributed by atoms with Gasteiger partial charge in [0.1, 0.15) is 30.5 Å². The summed E-state index contributed by atoms with van der Waals surface area (Å²) in [5, 5.41) is 61.8. The Morgan fingerprint density at radius 3 is 2.30 bits per heavy atom. The third-order valence-electron chi connectivity index (χ3n) is 4.48. The van der Waals surface area contributed by atoms with E-state index >= 15 is 0 Å². The summed E-state index contributed by atoms with van der Waals surface area (Å²) in [6.45, 7) is 4.45. The molecule has 1 amide bonds. The molecular weight excluding hydrogens is 362 g/mol. The van der Waals surface area contributed by atoms with Crippen LogP contribution >= 0.6 is 0 Å². The number of ether oxygens (including phenoxy) is 2. The number of hydrogen-bond acceptors (Lipinski definition) is 9. The van der Waals surface area contributed by atoms with Crippen LogP contribution < -0.4 is 5.32 Å². The monoisotopic (exact) mass is 395 g/mol. The normalized spacial score (nSPS) is 32.1. The van der Waals surface area contributed by atoms with Gasteiger partial charge >= 0.3 is 0 Å². The van der Waals surface area contributed by atoms with Gasteiger partial charge in [-0.05, 0) is 12.3 Å². The fraction of sp³-hybridized carbons (Fsp3) is 0.941. The van der Waals surface area contributed by atoms with E-state index in [-0.39, 0.29) is 24.9 Å². The molecule has 160 valence electrons. The van der Waals surface area contributed by atoms with Crippen LogP contribution in [0.1, 0.15) is 33.6 Å². The Kier molecular flexibility index (Phi) is 10.1. The number of aliphatic hydroxyl groups is 6. The van der Waals surface area contributed by atoms with Gasteiger partial charge in [-0.25, -0.2) is 0 Å². The molecular formula is C17H33NO9. The molecule has 1 aliphatic rings. The van der Waals surface area contributed by atoms with E-state index in [9.17, 15) is 35.4 Å². The number of aliphatic hydroxyl groups excluding tert-OH is 6. The molecule has 7 N–H and O–H groups in total. The number of carbonyl (C=O) groups is 1. The first kappa shape index (κ1) is 24.2. The van der Waals surface area contributed by atoms with Crippen LogP contribution in [-0.2, 0) is 14.3 Å². The van der Waals surface area contributed by atoms with E-state index in [1.165, 1.54) is 0 Å². The van der Waals surface area contributed by atoms with Gasteiger partial charge in [0.05, 0.1) is 25.4 Å². The lowest BCUT2D eigenvalue weighted by atomic mass is 9.97. The highest BCUT2D eigenvalue weighted by Gasteiger charge is 2.44. The van der Waals surface area contributed by atoms with E-state index in [1.54, 1.807) is 6.92 Å². The predicted octanol–water partition coefficient (Wildman–Crippen LogP) is -2.53. The largest absolute Gasteiger partial charge is 0.394 e. The van der Waals surface area contributed by atoms with Crippen molar-refractivity contribution < 1.29 is 44.9 Å². The maximum absolute atomic E-state index is 11.7. The minimum atomic E-state index is -1.60. The lowest BCUT2D eigenvalue weighted by Crippen LogP contribution is -2.60. The molecule has 0 aromatic carbocycles. The molecule has 0 saturated carbocycles. The van der Waals surface area contributed by atoms with Crippen molar-refractivity contribution in [2.75, 3.05) is 13.2 Å². The highest BCUT2D eigenvalue weighted by Crippen LogP contribution is 2.22. The van der Waals surface area contributed by atoms with Crippen LogP contribution in [-0.4, -0.2) is 98.7 Å². The number of amides is 1. The zero-order valence-corrected chi connectivity index (χ0v) is 15.9. The molecule has 1 aliphatic heterocycles. The molecule has 0 aromatic rings. The van der Waals surface area contributed by atoms with Gasteiger partial charge in [-0.2, -0.15) is 0 Å². The van der Waals surface area contributed by atoms with Crippen LogP contribution in [0.5, 0.6) is 0 Å². The van der Waals surface area contributed by atoms with E-state index < -0.39 is 55.6 Å². The number of nitrogens with one attached hydrogen (secondary N) is 1. The summed E-state index contributed by atoms with van der Waals surface area (Å²) in [6.07, 6.45) is -9.20. The highest BCUT2D eigenvalue weighted by atomic mass is 16.7. The summed E-state index contributed by atoms with van der Waals surface area (Å²) in [4.78, 5) is 11.7. The lowest BCUT2D eigenvalue weighted by molar-refractivity contribution is -0.303. The topological polar surface area (TPSA) is 169 Å². The molecule has 0 bridgehead atoms. The van der Waals surface area contributed by atoms with Crippen molar-refractivity contribution in [3.8, 4) is 0 Å². The van der Waals surface area contributed by atoms with Gasteiger partial charge in [0, 0.05) is 6.42 Å². The highest BCUT2D eigenvalue weighted by molar-refractivity contribution is 5.75. The molecule has 0 aliphatic carbocycles. The van der Waals surface area contributed by atoms with Crippen molar-refractivity contribution in [1.29, 1.82) is 0 Å². The van der Waals surface area contributed by atoms with E-state index in [0.717, 1.165) is 0 Å². The molecule has 1 heterocycles. The van der Waals surface area contributed by atoms with Gasteiger partial charge in [0.15, 0.2) is 6.29 Å². The van der Waals surface area contributed by atoms with Crippen molar-refractivity contribution >= 4 is 5.91 Å². The molecule has 1 fully saturated rings. The minimum Gasteiger partial charge on any atom is -0.394 e. The molecule has 10 heteroatoms. The molecule has 1 saturated heterocycles. The Hall–Kier alpha value is -0.850. The van der Waals surface area contributed by atoms with Crippen molar-refractivity contribution in [2.24, 2.45) is 5.92 Å². The second-order valence-corrected chi connectivity index (χ2v) is 7.25. The first-order valence-corrected chi connectivity index (χ1v) is 9.19. The van der Waals surface area contributed by atoms with Crippen molar-refractivity contribution in [1.82, 2.24) is 5.32 Å². The van der Waals surface area contributed by atoms with Gasteiger partial charge in [0.25, 0.3) is 0 Å². The first-order valence-electron chi connectivity index (χ1n) is 9.19. The summed E-state index contributed by atoms with van der Waals surface area (Å²) in [6, 6.07) is -0.987. The molecule has 8 atom stereocenters. The quantitative estimate of drug-likeness (QED) is 0.211. The van der Waals surface area contributed by atoms with Gasteiger partial charge < -0.3 is 45.4 Å². The first-order chi connectivity index (χ1) is 12.6. The Labute approximate surface area is 158 Å². The Bertz CT molecular complexity index is 448. The Morgan fingerprint density at radius 1 is 1.15 bits per heavy atom. The van der Waals surface area contributed by atoms with Crippen LogP contribution in [0.15, 0.2) is 0 Å². The molecule has 27 heavy (non-hydrogen) atoms. The number of rotatable bonds is 10. The van der Waals surface area contributed by atoms with Crippen LogP contribution in [0.2, 0.25) is 0 Å². The van der Waals surface area contributed by atoms with Crippen LogP contribution in [0.25, 0.3) is 0 Å². The standard InChI is InChI=1S/C17H33NO9/c1-4-12(21)18-9(13(22)10(20)5-8(2)3)7-26-17-16(25)15(24)14(23)11(6-19)27-17/h8-11,13-17,19-20,22-25H,4-7H2,1-3H3,(H,18,21)/t9-,10+,11?,13-,14-,15+,16?,17-/m0/s1. The molecule has 2 unspecified atom stereocenters. The molecule has 0 radical (unpaired) electrons. The Balaban J connectivity index is 2.78. The number of hydrogen-bond donors (Lipinski definition) is 7. The summed E-state index contributed by atoms with van der Waals surface area (Å²) in [5.41, 5.74) is 0. The third-order valence-corrected chi connectivity index (χ3v) is 4.48. The zero-order chi connectivity index (χ0) is 20.7. The van der Waals surface area contributed by atoms with Gasteiger partial charge in [-0.15, -0.1) is 0 Å². The van der Waals surface area contributed by atoms with Crippen molar-refractivity contribution in [3.05, 3.63) is 0 Å². The van der Waals surface area contributed by atoms with Crippen LogP contribution in [0.3, 0.4) is 0 Å². The summed E-state index contributed by atoms with van der Waals surface area (Å²) < 4.78 is 10.6. The van der Waals surface area contributed by atoms with Crippen LogP contribution in [0, 0.1) is 5.92 Å². The fourth-order valence-corrected chi connectivity index (χ4v) is 2.83. The SMILES string of the molecule is CCC(=O)N[C@@H](CO[C@H]1OC(CO)[C@H](O)[C@@H](O)C1O)[C@H](O)[C@H](O)CC(C)C. The van der Waals surface area contributed by atoms with Crippen LogP contribution in [0.4, 0.5) is 0 Å². The molecule has 0 aromatic heterocycles. The second kappa shape index (κ2) is 11.2. The summed E-state index contributed by atoms with van der Waals surface area (Å²) in [7, 11) is 0. The predicted molar refractivity (Wildman–Crippen MR) is 93.4 cm³/mol. The van der Waals surface area contributed by atoms with Crippen molar-refractivity contribution in [2.45, 2.75) is 82.6 Å². The maximum Gasteiger partial charge on any atom is 0.220 e. The average Bonchev–Trinajstić information content (AvgIpc) is 2.63. The maximum atomic E-state index is 11.7. The molecule has 0 spiro atoms. The fourth-order valence-electron chi connectivity index (χ4n) is 2.83. The second-order valence-electron chi connectivity index (χ2n) is 7.25. The van der Waals surface area contributed by atoms with E-state index in [1.807, 2.05) is 13.8 Å². The van der Waals surface area contributed by atoms with E-state index in [4.69, 9.17) is 9.47 Å². The van der Waals surface area contributed by atoms with E-state index in [0.29, 0.717) is 6.42 Å². The summed E-state index contributed by atoms with van der Waals surface area (Å²) in [5.74, 6) is -0.253. The minimum absolute atomic E-state index is 0.114. The Morgan fingerprint density at radius 2 is 1.78 bits per heavy atom. The van der Waals surface area contributed by atoms with Gasteiger partial charge in [-0.1, -0.05) is 20.8 Å². The van der Waals surface area contributed by atoms with Gasteiger partial charge in [0.2, 0.25) is 5.91 Å². The smallest absolute Gasteiger partial charge is 0.220 e. The summed E-state index contributed by atoms with van der Waals surface area (Å²) >= 11 is 0. The van der Waals surface area contributed by atoms with E-state index in [2.05, 4.69) is 5.32 Å².